The van der Waals surface area contributed by atoms with Crippen LogP contribution in [0.15, 0.2) is 22.8 Å². The second kappa shape index (κ2) is 6.48. The molecule has 0 saturated heterocycles. The fraction of sp³-hybridized carbons (Fsp3) is 0.429. The molecule has 2 rings (SSSR count). The molecule has 21 heavy (non-hydrogen) atoms. The Hall–Kier alpha value is -0.890. The Bertz CT molecular complexity index is 738. The van der Waals surface area contributed by atoms with Gasteiger partial charge in [-0.2, -0.15) is 0 Å². The van der Waals surface area contributed by atoms with Crippen molar-refractivity contribution in [1.29, 1.82) is 0 Å². The molecule has 7 heteroatoms. The lowest BCUT2D eigenvalue weighted by Crippen LogP contribution is -2.20. The van der Waals surface area contributed by atoms with Crippen molar-refractivity contribution in [3.63, 3.8) is 0 Å². The van der Waals surface area contributed by atoms with Crippen molar-refractivity contribution in [2.45, 2.75) is 12.2 Å². The summed E-state index contributed by atoms with van der Waals surface area (Å²) in [6, 6.07) is 5.72. The maximum Gasteiger partial charge on any atom is 0.215 e. The van der Waals surface area contributed by atoms with Crippen LogP contribution in [-0.2, 0) is 22.2 Å². The first-order chi connectivity index (χ1) is 9.84. The van der Waals surface area contributed by atoms with E-state index in [2.05, 4.69) is 30.5 Å². The number of rotatable bonds is 6. The number of nitrogens with one attached hydrogen (secondary N) is 2. The van der Waals surface area contributed by atoms with Crippen LogP contribution in [0, 0.1) is 0 Å². The number of fused-ring (bicyclic) bond motifs is 1. The average Bonchev–Trinajstić information content (AvgIpc) is 2.73. The molecule has 1 aromatic carbocycles. The molecule has 0 unspecified atom stereocenters. The van der Waals surface area contributed by atoms with Crippen LogP contribution in [0.4, 0.5) is 0 Å². The predicted molar refractivity (Wildman–Crippen MR) is 89.9 cm³/mol. The number of halogens is 1. The van der Waals surface area contributed by atoms with E-state index in [1.807, 2.05) is 32.3 Å². The highest BCUT2D eigenvalue weighted by molar-refractivity contribution is 9.10. The third-order valence-electron chi connectivity index (χ3n) is 3.43. The van der Waals surface area contributed by atoms with Crippen LogP contribution in [0.3, 0.4) is 0 Å². The molecule has 0 spiro atoms. The maximum atomic E-state index is 11.9. The molecule has 2 aromatic rings. The van der Waals surface area contributed by atoms with Gasteiger partial charge in [0.05, 0.1) is 10.4 Å². The van der Waals surface area contributed by atoms with Crippen molar-refractivity contribution in [3.8, 4) is 0 Å². The SMILES string of the molecule is CNS(=O)(=O)Cc1cccc2[nH]c(Br)c(CCN(C)C)c12. The molecular weight excluding hydrogens is 354 g/mol. The first-order valence-electron chi connectivity index (χ1n) is 6.68. The summed E-state index contributed by atoms with van der Waals surface area (Å²) in [4.78, 5) is 5.39. The summed E-state index contributed by atoms with van der Waals surface area (Å²) >= 11 is 3.55. The maximum absolute atomic E-state index is 11.9. The van der Waals surface area contributed by atoms with Crippen molar-refractivity contribution in [2.75, 3.05) is 27.7 Å². The van der Waals surface area contributed by atoms with Gasteiger partial charge in [-0.05, 0) is 60.7 Å². The third-order valence-corrected chi connectivity index (χ3v) is 5.42. The van der Waals surface area contributed by atoms with Crippen LogP contribution in [0.25, 0.3) is 10.9 Å². The Morgan fingerprint density at radius 3 is 2.67 bits per heavy atom. The summed E-state index contributed by atoms with van der Waals surface area (Å²) in [6.45, 7) is 0.901. The molecular formula is C14H20BrN3O2S. The standard InChI is InChI=1S/C14H20BrN3O2S/c1-16-21(19,20)9-10-5-4-6-12-13(10)11(14(15)17-12)7-8-18(2)3/h4-6,16-17H,7-9H2,1-3H3. The van der Waals surface area contributed by atoms with E-state index < -0.39 is 10.0 Å². The lowest BCUT2D eigenvalue weighted by Gasteiger charge is -2.11. The highest BCUT2D eigenvalue weighted by atomic mass is 79.9. The van der Waals surface area contributed by atoms with Crippen molar-refractivity contribution >= 4 is 36.9 Å². The summed E-state index contributed by atoms with van der Waals surface area (Å²) in [7, 11) is 2.19. The Labute approximate surface area is 133 Å². The minimum absolute atomic E-state index is 0.0138. The predicted octanol–water partition coefficient (Wildman–Crippen LogP) is 2.08. The topological polar surface area (TPSA) is 65.2 Å². The second-order valence-electron chi connectivity index (χ2n) is 5.27. The molecule has 0 saturated carbocycles. The largest absolute Gasteiger partial charge is 0.349 e. The monoisotopic (exact) mass is 373 g/mol. The molecule has 0 amide bonds. The number of benzene rings is 1. The van der Waals surface area contributed by atoms with Crippen molar-refractivity contribution < 1.29 is 8.42 Å². The lowest BCUT2D eigenvalue weighted by molar-refractivity contribution is 0.414. The van der Waals surface area contributed by atoms with Gasteiger partial charge in [0.1, 0.15) is 0 Å². The Kier molecular flexibility index (Phi) is 5.08. The Morgan fingerprint density at radius 2 is 2.05 bits per heavy atom. The van der Waals surface area contributed by atoms with Gasteiger partial charge in [0.15, 0.2) is 0 Å². The first kappa shape index (κ1) is 16.5. The lowest BCUT2D eigenvalue weighted by atomic mass is 10.1. The molecule has 116 valence electrons. The third kappa shape index (κ3) is 3.85. The molecule has 0 fully saturated rings. The van der Waals surface area contributed by atoms with Crippen LogP contribution >= 0.6 is 15.9 Å². The van der Waals surface area contributed by atoms with E-state index in [0.717, 1.165) is 39.6 Å². The molecule has 0 aliphatic carbocycles. The average molecular weight is 374 g/mol. The number of hydrogen-bond donors (Lipinski definition) is 2. The number of H-pyrrole nitrogens is 1. The molecule has 0 aliphatic heterocycles. The summed E-state index contributed by atoms with van der Waals surface area (Å²) in [5, 5.41) is 1.00. The zero-order valence-electron chi connectivity index (χ0n) is 12.4. The van der Waals surface area contributed by atoms with Gasteiger partial charge in [0.25, 0.3) is 0 Å². The minimum atomic E-state index is -3.29. The summed E-state index contributed by atoms with van der Waals surface area (Å²) in [6.07, 6.45) is 0.851. The van der Waals surface area contributed by atoms with Gasteiger partial charge in [0, 0.05) is 17.4 Å². The van der Waals surface area contributed by atoms with Crippen molar-refractivity contribution in [1.82, 2.24) is 14.6 Å². The number of aromatic amines is 1. The van der Waals surface area contributed by atoms with Gasteiger partial charge >= 0.3 is 0 Å². The van der Waals surface area contributed by atoms with Crippen molar-refractivity contribution in [3.05, 3.63) is 33.9 Å². The van der Waals surface area contributed by atoms with Gasteiger partial charge in [-0.15, -0.1) is 0 Å². The van der Waals surface area contributed by atoms with Crippen LogP contribution in [0.1, 0.15) is 11.1 Å². The van der Waals surface area contributed by atoms with Crippen LogP contribution in [-0.4, -0.2) is 46.0 Å². The quantitative estimate of drug-likeness (QED) is 0.814. The molecule has 2 N–H and O–H groups in total. The van der Waals surface area contributed by atoms with E-state index in [1.54, 1.807) is 0 Å². The minimum Gasteiger partial charge on any atom is -0.349 e. The van der Waals surface area contributed by atoms with Crippen LogP contribution in [0.5, 0.6) is 0 Å². The van der Waals surface area contributed by atoms with E-state index >= 15 is 0 Å². The number of hydrogen-bond acceptors (Lipinski definition) is 3. The Morgan fingerprint density at radius 1 is 1.33 bits per heavy atom. The van der Waals surface area contributed by atoms with E-state index in [1.165, 1.54) is 7.05 Å². The first-order valence-corrected chi connectivity index (χ1v) is 9.12. The molecule has 0 radical (unpaired) electrons. The number of nitrogens with zero attached hydrogens (tertiary/aromatic N) is 1. The smallest absolute Gasteiger partial charge is 0.215 e. The molecule has 0 aliphatic rings. The molecule has 1 aromatic heterocycles. The zero-order valence-corrected chi connectivity index (χ0v) is 14.8. The second-order valence-corrected chi connectivity index (χ2v) is 7.99. The van der Waals surface area contributed by atoms with E-state index in [-0.39, 0.29) is 5.75 Å². The summed E-state index contributed by atoms with van der Waals surface area (Å²) in [5.74, 6) is -0.0138. The van der Waals surface area contributed by atoms with Crippen LogP contribution in [0.2, 0.25) is 0 Å². The van der Waals surface area contributed by atoms with Gasteiger partial charge in [-0.1, -0.05) is 12.1 Å². The number of aromatic nitrogens is 1. The molecule has 0 bridgehead atoms. The highest BCUT2D eigenvalue weighted by Gasteiger charge is 2.17. The zero-order chi connectivity index (χ0) is 15.6. The van der Waals surface area contributed by atoms with E-state index in [9.17, 15) is 8.42 Å². The Balaban J connectivity index is 2.51. The fourth-order valence-corrected chi connectivity index (χ4v) is 3.74. The van der Waals surface area contributed by atoms with Crippen molar-refractivity contribution in [2.24, 2.45) is 0 Å². The molecule has 5 nitrogen and oxygen atoms in total. The van der Waals surface area contributed by atoms with Gasteiger partial charge in [0.2, 0.25) is 10.0 Å². The molecule has 0 atom stereocenters. The summed E-state index contributed by atoms with van der Waals surface area (Å²) in [5.41, 5.74) is 2.90. The fourth-order valence-electron chi connectivity index (χ4n) is 2.33. The normalized spacial score (nSPS) is 12.4. The van der Waals surface area contributed by atoms with E-state index in [0.29, 0.717) is 0 Å². The molecule has 1 heterocycles. The number of likely N-dealkylation sites (N-methyl/N-ethyl adjacent to an activating group) is 1. The summed E-state index contributed by atoms with van der Waals surface area (Å²) < 4.78 is 27.0. The van der Waals surface area contributed by atoms with Crippen LogP contribution < -0.4 is 4.72 Å². The van der Waals surface area contributed by atoms with Gasteiger partial charge in [-0.25, -0.2) is 13.1 Å². The highest BCUT2D eigenvalue weighted by Crippen LogP contribution is 2.30. The van der Waals surface area contributed by atoms with Gasteiger partial charge < -0.3 is 9.88 Å². The van der Waals surface area contributed by atoms with Gasteiger partial charge in [-0.3, -0.25) is 0 Å². The van der Waals surface area contributed by atoms with E-state index in [4.69, 9.17) is 0 Å². The number of sulfonamides is 1.